The van der Waals surface area contributed by atoms with Gasteiger partial charge in [-0.15, -0.1) is 0 Å². The van der Waals surface area contributed by atoms with Gasteiger partial charge in [0, 0.05) is 11.7 Å². The van der Waals surface area contributed by atoms with Crippen LogP contribution in [0, 0.1) is 5.92 Å². The lowest BCUT2D eigenvalue weighted by Gasteiger charge is -2.29. The van der Waals surface area contributed by atoms with Crippen molar-refractivity contribution in [3.8, 4) is 0 Å². The topological polar surface area (TPSA) is 58.2 Å². The van der Waals surface area contributed by atoms with E-state index in [1.807, 2.05) is 18.2 Å². The average Bonchev–Trinajstić information content (AvgIpc) is 2.42. The maximum atomic E-state index is 11.8. The highest BCUT2D eigenvalue weighted by atomic mass is 16.2. The van der Waals surface area contributed by atoms with E-state index in [1.54, 1.807) is 12.1 Å². The summed E-state index contributed by atoms with van der Waals surface area (Å²) in [5, 5.41) is 5.43. The summed E-state index contributed by atoms with van der Waals surface area (Å²) >= 11 is 0. The second kappa shape index (κ2) is 6.36. The lowest BCUT2D eigenvalue weighted by molar-refractivity contribution is -0.137. The molecule has 1 saturated carbocycles. The largest absolute Gasteiger partial charge is 0.345 e. The highest BCUT2D eigenvalue weighted by Gasteiger charge is 2.25. The zero-order valence-electron chi connectivity index (χ0n) is 11.2. The zero-order valence-corrected chi connectivity index (χ0v) is 11.2. The average molecular weight is 260 g/mol. The van der Waals surface area contributed by atoms with E-state index in [4.69, 9.17) is 0 Å². The minimum atomic E-state index is -0.594. The molecule has 2 N–H and O–H groups in total. The SMILES string of the molecule is CC1CCCCC1NC(=O)C(=O)Nc1ccccc1. The Bertz CT molecular complexity index is 445. The molecule has 2 unspecified atom stereocenters. The van der Waals surface area contributed by atoms with E-state index in [1.165, 1.54) is 6.42 Å². The van der Waals surface area contributed by atoms with Crippen molar-refractivity contribution in [3.05, 3.63) is 30.3 Å². The highest BCUT2D eigenvalue weighted by molar-refractivity contribution is 6.39. The van der Waals surface area contributed by atoms with E-state index in [2.05, 4.69) is 17.6 Å². The molecule has 1 aromatic carbocycles. The van der Waals surface area contributed by atoms with Crippen molar-refractivity contribution in [2.45, 2.75) is 38.6 Å². The first-order chi connectivity index (χ1) is 9.16. The monoisotopic (exact) mass is 260 g/mol. The van der Waals surface area contributed by atoms with Crippen LogP contribution in [0.2, 0.25) is 0 Å². The van der Waals surface area contributed by atoms with Crippen molar-refractivity contribution in [3.63, 3.8) is 0 Å². The number of rotatable bonds is 2. The molecule has 2 amide bonds. The number of hydrogen-bond acceptors (Lipinski definition) is 2. The van der Waals surface area contributed by atoms with Gasteiger partial charge in [-0.3, -0.25) is 9.59 Å². The Morgan fingerprint density at radius 3 is 2.42 bits per heavy atom. The van der Waals surface area contributed by atoms with Crippen LogP contribution in [0.15, 0.2) is 30.3 Å². The van der Waals surface area contributed by atoms with Gasteiger partial charge < -0.3 is 10.6 Å². The summed E-state index contributed by atoms with van der Waals surface area (Å²) in [7, 11) is 0. The molecule has 1 aromatic rings. The lowest BCUT2D eigenvalue weighted by Crippen LogP contribution is -2.45. The van der Waals surface area contributed by atoms with Gasteiger partial charge in [-0.05, 0) is 30.9 Å². The van der Waals surface area contributed by atoms with Gasteiger partial charge in [0.15, 0.2) is 0 Å². The summed E-state index contributed by atoms with van der Waals surface area (Å²) in [6, 6.07) is 9.14. The summed E-state index contributed by atoms with van der Waals surface area (Å²) in [5.74, 6) is -0.686. The number of hydrogen-bond donors (Lipinski definition) is 2. The molecule has 0 radical (unpaired) electrons. The van der Waals surface area contributed by atoms with Crippen molar-refractivity contribution in [1.82, 2.24) is 5.32 Å². The van der Waals surface area contributed by atoms with E-state index in [9.17, 15) is 9.59 Å². The molecule has 0 aromatic heterocycles. The summed E-state index contributed by atoms with van der Waals surface area (Å²) in [6.45, 7) is 2.12. The summed E-state index contributed by atoms with van der Waals surface area (Å²) in [4.78, 5) is 23.6. The molecule has 0 bridgehead atoms. The second-order valence-electron chi connectivity index (χ2n) is 5.16. The standard InChI is InChI=1S/C15H20N2O2/c1-11-7-5-6-10-13(11)17-15(19)14(18)16-12-8-3-2-4-9-12/h2-4,8-9,11,13H,5-7,10H2,1H3,(H,16,18)(H,17,19). The maximum absolute atomic E-state index is 11.8. The van der Waals surface area contributed by atoms with Gasteiger partial charge in [0.2, 0.25) is 0 Å². The molecule has 102 valence electrons. The Balaban J connectivity index is 1.87. The fourth-order valence-corrected chi connectivity index (χ4v) is 2.47. The number of nitrogens with one attached hydrogen (secondary N) is 2. The van der Waals surface area contributed by atoms with Crippen LogP contribution in [0.3, 0.4) is 0 Å². The van der Waals surface area contributed by atoms with Gasteiger partial charge >= 0.3 is 11.8 Å². The Hall–Kier alpha value is -1.84. The van der Waals surface area contributed by atoms with Gasteiger partial charge in [0.25, 0.3) is 0 Å². The molecular formula is C15H20N2O2. The Labute approximate surface area is 113 Å². The van der Waals surface area contributed by atoms with E-state index >= 15 is 0 Å². The van der Waals surface area contributed by atoms with Gasteiger partial charge in [0.1, 0.15) is 0 Å². The van der Waals surface area contributed by atoms with Gasteiger partial charge in [0.05, 0.1) is 0 Å². The summed E-state index contributed by atoms with van der Waals surface area (Å²) < 4.78 is 0. The molecule has 1 aliphatic carbocycles. The third-order valence-corrected chi connectivity index (χ3v) is 3.67. The van der Waals surface area contributed by atoms with Crippen molar-refractivity contribution in [1.29, 1.82) is 0 Å². The molecule has 4 nitrogen and oxygen atoms in total. The Morgan fingerprint density at radius 2 is 1.74 bits per heavy atom. The molecule has 4 heteroatoms. The van der Waals surface area contributed by atoms with Crippen LogP contribution >= 0.6 is 0 Å². The van der Waals surface area contributed by atoms with E-state index in [0.717, 1.165) is 19.3 Å². The van der Waals surface area contributed by atoms with Crippen LogP contribution in [0.4, 0.5) is 5.69 Å². The number of benzene rings is 1. The zero-order chi connectivity index (χ0) is 13.7. The maximum Gasteiger partial charge on any atom is 0.313 e. The van der Waals surface area contributed by atoms with Crippen molar-refractivity contribution in [2.24, 2.45) is 5.92 Å². The number of carbonyl (C=O) groups is 2. The van der Waals surface area contributed by atoms with E-state index in [-0.39, 0.29) is 6.04 Å². The van der Waals surface area contributed by atoms with Crippen LogP contribution in [0.5, 0.6) is 0 Å². The van der Waals surface area contributed by atoms with Crippen LogP contribution in [0.25, 0.3) is 0 Å². The molecular weight excluding hydrogens is 240 g/mol. The number of carbonyl (C=O) groups excluding carboxylic acids is 2. The smallest absolute Gasteiger partial charge is 0.313 e. The normalized spacial score (nSPS) is 22.6. The van der Waals surface area contributed by atoms with Crippen LogP contribution in [-0.4, -0.2) is 17.9 Å². The predicted molar refractivity (Wildman–Crippen MR) is 74.6 cm³/mol. The first kappa shape index (κ1) is 13.6. The second-order valence-corrected chi connectivity index (χ2v) is 5.16. The molecule has 1 aliphatic rings. The van der Waals surface area contributed by atoms with Gasteiger partial charge in [-0.1, -0.05) is 38.0 Å². The minimum absolute atomic E-state index is 0.128. The molecule has 0 spiro atoms. The third-order valence-electron chi connectivity index (χ3n) is 3.67. The van der Waals surface area contributed by atoms with Crippen molar-refractivity contribution in [2.75, 3.05) is 5.32 Å². The van der Waals surface area contributed by atoms with Gasteiger partial charge in [-0.25, -0.2) is 0 Å². The quantitative estimate of drug-likeness (QED) is 0.802. The fourth-order valence-electron chi connectivity index (χ4n) is 2.47. The van der Waals surface area contributed by atoms with Crippen LogP contribution < -0.4 is 10.6 Å². The van der Waals surface area contributed by atoms with Crippen LogP contribution in [0.1, 0.15) is 32.6 Å². The summed E-state index contributed by atoms with van der Waals surface area (Å²) in [5.41, 5.74) is 0.638. The molecule has 0 heterocycles. The Kier molecular flexibility index (Phi) is 4.55. The molecule has 2 atom stereocenters. The predicted octanol–water partition coefficient (Wildman–Crippen LogP) is 2.32. The molecule has 0 saturated heterocycles. The lowest BCUT2D eigenvalue weighted by atomic mass is 9.86. The minimum Gasteiger partial charge on any atom is -0.345 e. The number of para-hydroxylation sites is 1. The molecule has 1 fully saturated rings. The number of anilines is 1. The first-order valence-corrected chi connectivity index (χ1v) is 6.83. The Morgan fingerprint density at radius 1 is 1.05 bits per heavy atom. The number of amides is 2. The van der Waals surface area contributed by atoms with Gasteiger partial charge in [-0.2, -0.15) is 0 Å². The van der Waals surface area contributed by atoms with E-state index in [0.29, 0.717) is 11.6 Å². The fraction of sp³-hybridized carbons (Fsp3) is 0.467. The van der Waals surface area contributed by atoms with E-state index < -0.39 is 11.8 Å². The third kappa shape index (κ3) is 3.81. The first-order valence-electron chi connectivity index (χ1n) is 6.83. The highest BCUT2D eigenvalue weighted by Crippen LogP contribution is 2.23. The molecule has 2 rings (SSSR count). The van der Waals surface area contributed by atoms with Crippen LogP contribution in [-0.2, 0) is 9.59 Å². The molecule has 19 heavy (non-hydrogen) atoms. The molecule has 0 aliphatic heterocycles. The van der Waals surface area contributed by atoms with Crippen molar-refractivity contribution >= 4 is 17.5 Å². The summed E-state index contributed by atoms with van der Waals surface area (Å²) in [6.07, 6.45) is 4.41. The van der Waals surface area contributed by atoms with Crippen molar-refractivity contribution < 1.29 is 9.59 Å².